The maximum atomic E-state index is 12.1. The van der Waals surface area contributed by atoms with Gasteiger partial charge in [0.2, 0.25) is 5.91 Å². The Labute approximate surface area is 128 Å². The lowest BCUT2D eigenvalue weighted by Crippen LogP contribution is -2.33. The number of hydrogen-bond donors (Lipinski definition) is 1. The highest BCUT2D eigenvalue weighted by molar-refractivity contribution is 9.10. The molecule has 0 atom stereocenters. The van der Waals surface area contributed by atoms with Gasteiger partial charge in [0.05, 0.1) is 5.75 Å². The van der Waals surface area contributed by atoms with Crippen LogP contribution in [0.25, 0.3) is 0 Å². The Kier molecular flexibility index (Phi) is 7.31. The van der Waals surface area contributed by atoms with Crippen molar-refractivity contribution in [1.82, 2.24) is 4.90 Å². The predicted molar refractivity (Wildman–Crippen MR) is 86.4 cm³/mol. The summed E-state index contributed by atoms with van der Waals surface area (Å²) in [5, 5.41) is 0. The molecule has 1 amide bonds. The minimum Gasteiger partial charge on any atom is -0.398 e. The van der Waals surface area contributed by atoms with Crippen LogP contribution in [0.4, 0.5) is 5.69 Å². The molecule has 0 aromatic heterocycles. The lowest BCUT2D eigenvalue weighted by Gasteiger charge is -2.21. The van der Waals surface area contributed by atoms with E-state index in [1.165, 1.54) is 11.8 Å². The van der Waals surface area contributed by atoms with E-state index in [4.69, 9.17) is 5.73 Å². The zero-order valence-electron chi connectivity index (χ0n) is 11.5. The first-order valence-electron chi connectivity index (χ1n) is 6.54. The summed E-state index contributed by atoms with van der Waals surface area (Å²) in [5.41, 5.74) is 6.64. The number of carbonyl (C=O) groups is 1. The second kappa shape index (κ2) is 8.48. The van der Waals surface area contributed by atoms with E-state index in [1.54, 1.807) is 0 Å². The van der Waals surface area contributed by atoms with E-state index in [-0.39, 0.29) is 5.91 Å². The van der Waals surface area contributed by atoms with Crippen molar-refractivity contribution in [2.45, 2.75) is 31.6 Å². The molecule has 0 aliphatic heterocycles. The number of halogens is 1. The lowest BCUT2D eigenvalue weighted by atomic mass is 10.3. The van der Waals surface area contributed by atoms with E-state index in [0.717, 1.165) is 35.3 Å². The molecule has 0 bridgehead atoms. The third-order valence-corrected chi connectivity index (χ3v) is 4.23. The highest BCUT2D eigenvalue weighted by Crippen LogP contribution is 2.28. The molecular formula is C14H21BrN2OS. The van der Waals surface area contributed by atoms with Crippen LogP contribution in [0, 0.1) is 0 Å². The van der Waals surface area contributed by atoms with Crippen molar-refractivity contribution in [1.29, 1.82) is 0 Å². The van der Waals surface area contributed by atoms with Gasteiger partial charge < -0.3 is 10.6 Å². The zero-order valence-corrected chi connectivity index (χ0v) is 13.9. The molecule has 5 heteroatoms. The van der Waals surface area contributed by atoms with Crippen molar-refractivity contribution >= 4 is 39.3 Å². The lowest BCUT2D eigenvalue weighted by molar-refractivity contribution is -0.128. The summed E-state index contributed by atoms with van der Waals surface area (Å²) in [4.78, 5) is 15.0. The van der Waals surface area contributed by atoms with E-state index in [2.05, 4.69) is 29.8 Å². The number of nitrogens with zero attached hydrogens (tertiary/aromatic N) is 1. The molecule has 0 radical (unpaired) electrons. The monoisotopic (exact) mass is 344 g/mol. The molecule has 3 nitrogen and oxygen atoms in total. The number of thioether (sulfide) groups is 1. The van der Waals surface area contributed by atoms with Crippen LogP contribution >= 0.6 is 27.7 Å². The van der Waals surface area contributed by atoms with Crippen molar-refractivity contribution in [3.05, 3.63) is 22.7 Å². The van der Waals surface area contributed by atoms with Gasteiger partial charge in [-0.05, 0) is 31.0 Å². The number of amides is 1. The van der Waals surface area contributed by atoms with Crippen molar-refractivity contribution in [2.24, 2.45) is 0 Å². The van der Waals surface area contributed by atoms with E-state index < -0.39 is 0 Å². The normalized spacial score (nSPS) is 10.5. The van der Waals surface area contributed by atoms with Crippen molar-refractivity contribution in [3.63, 3.8) is 0 Å². The number of nitrogen functional groups attached to an aromatic ring is 1. The molecule has 106 valence electrons. The Morgan fingerprint density at radius 2 is 1.95 bits per heavy atom. The van der Waals surface area contributed by atoms with Crippen molar-refractivity contribution < 1.29 is 4.79 Å². The van der Waals surface area contributed by atoms with Gasteiger partial charge in [-0.15, -0.1) is 11.8 Å². The summed E-state index contributed by atoms with van der Waals surface area (Å²) in [6.45, 7) is 5.86. The van der Waals surface area contributed by atoms with Crippen LogP contribution in [0.3, 0.4) is 0 Å². The van der Waals surface area contributed by atoms with Gasteiger partial charge >= 0.3 is 0 Å². The maximum absolute atomic E-state index is 12.1. The number of anilines is 1. The van der Waals surface area contributed by atoms with E-state index in [0.29, 0.717) is 11.4 Å². The third-order valence-electron chi connectivity index (χ3n) is 2.66. The second-order valence-electron chi connectivity index (χ2n) is 4.35. The van der Waals surface area contributed by atoms with Gasteiger partial charge in [-0.1, -0.05) is 29.8 Å². The molecule has 0 spiro atoms. The quantitative estimate of drug-likeness (QED) is 0.604. The predicted octanol–water partition coefficient (Wildman–Crippen LogP) is 3.77. The number of carbonyl (C=O) groups excluding carboxylic acids is 1. The molecule has 19 heavy (non-hydrogen) atoms. The van der Waals surface area contributed by atoms with Crippen LogP contribution in [0.5, 0.6) is 0 Å². The van der Waals surface area contributed by atoms with Gasteiger partial charge in [-0.25, -0.2) is 0 Å². The standard InChI is InChI=1S/C14H21BrN2OS/c1-3-7-17(8-4-2)14(18)10-19-13-6-5-11(15)9-12(13)16/h5-6,9H,3-4,7-8,10,16H2,1-2H3. The molecule has 0 heterocycles. The summed E-state index contributed by atoms with van der Waals surface area (Å²) < 4.78 is 0.958. The van der Waals surface area contributed by atoms with Crippen LogP contribution in [-0.4, -0.2) is 29.6 Å². The highest BCUT2D eigenvalue weighted by Gasteiger charge is 2.12. The number of rotatable bonds is 7. The molecule has 0 saturated carbocycles. The summed E-state index contributed by atoms with van der Waals surface area (Å²) in [5.74, 6) is 0.641. The zero-order chi connectivity index (χ0) is 14.3. The number of nitrogens with two attached hydrogens (primary N) is 1. The van der Waals surface area contributed by atoms with E-state index >= 15 is 0 Å². The van der Waals surface area contributed by atoms with E-state index in [9.17, 15) is 4.79 Å². The third kappa shape index (κ3) is 5.45. The topological polar surface area (TPSA) is 46.3 Å². The Hall–Kier alpha value is -0.680. The Morgan fingerprint density at radius 1 is 1.32 bits per heavy atom. The molecule has 1 aromatic carbocycles. The van der Waals surface area contributed by atoms with Gasteiger partial charge in [-0.3, -0.25) is 4.79 Å². The molecule has 1 rings (SSSR count). The minimum atomic E-state index is 0.191. The van der Waals surface area contributed by atoms with Crippen LogP contribution in [0.1, 0.15) is 26.7 Å². The maximum Gasteiger partial charge on any atom is 0.232 e. The summed E-state index contributed by atoms with van der Waals surface area (Å²) in [7, 11) is 0. The first-order valence-corrected chi connectivity index (χ1v) is 8.32. The van der Waals surface area contributed by atoms with Crippen molar-refractivity contribution in [3.8, 4) is 0 Å². The fourth-order valence-corrected chi connectivity index (χ4v) is 3.01. The first-order chi connectivity index (χ1) is 9.08. The Balaban J connectivity index is 2.56. The molecule has 0 fully saturated rings. The fraction of sp³-hybridized carbons (Fsp3) is 0.500. The van der Waals surface area contributed by atoms with Gasteiger partial charge in [0.25, 0.3) is 0 Å². The van der Waals surface area contributed by atoms with Crippen LogP contribution < -0.4 is 5.73 Å². The SMILES string of the molecule is CCCN(CCC)C(=O)CSc1ccc(Br)cc1N. The molecule has 0 aliphatic rings. The minimum absolute atomic E-state index is 0.191. The van der Waals surface area contributed by atoms with Crippen LogP contribution in [-0.2, 0) is 4.79 Å². The van der Waals surface area contributed by atoms with Gasteiger partial charge in [0, 0.05) is 28.1 Å². The van der Waals surface area contributed by atoms with Gasteiger partial charge in [0.1, 0.15) is 0 Å². The van der Waals surface area contributed by atoms with E-state index in [1.807, 2.05) is 23.1 Å². The van der Waals surface area contributed by atoms with Crippen molar-refractivity contribution in [2.75, 3.05) is 24.6 Å². The average Bonchev–Trinajstić information content (AvgIpc) is 2.37. The summed E-state index contributed by atoms with van der Waals surface area (Å²) >= 11 is 4.88. The molecule has 0 aliphatic carbocycles. The molecular weight excluding hydrogens is 324 g/mol. The molecule has 0 saturated heterocycles. The molecule has 2 N–H and O–H groups in total. The largest absolute Gasteiger partial charge is 0.398 e. The Morgan fingerprint density at radius 3 is 2.47 bits per heavy atom. The van der Waals surface area contributed by atoms with Gasteiger partial charge in [0.15, 0.2) is 0 Å². The Bertz CT molecular complexity index is 420. The average molecular weight is 345 g/mol. The fourth-order valence-electron chi connectivity index (χ4n) is 1.78. The smallest absolute Gasteiger partial charge is 0.232 e. The highest BCUT2D eigenvalue weighted by atomic mass is 79.9. The van der Waals surface area contributed by atoms with Gasteiger partial charge in [-0.2, -0.15) is 0 Å². The van der Waals surface area contributed by atoms with Crippen LogP contribution in [0.15, 0.2) is 27.6 Å². The second-order valence-corrected chi connectivity index (χ2v) is 6.28. The van der Waals surface area contributed by atoms with Crippen LogP contribution in [0.2, 0.25) is 0 Å². The number of hydrogen-bond acceptors (Lipinski definition) is 3. The number of benzene rings is 1. The summed E-state index contributed by atoms with van der Waals surface area (Å²) in [6, 6.07) is 5.75. The first kappa shape index (κ1) is 16.4. The molecule has 0 unspecified atom stereocenters. The summed E-state index contributed by atoms with van der Waals surface area (Å²) in [6.07, 6.45) is 1.99. The molecule has 1 aromatic rings.